The predicted octanol–water partition coefficient (Wildman–Crippen LogP) is 8.40. The van der Waals surface area contributed by atoms with Crippen molar-refractivity contribution in [1.29, 1.82) is 0 Å². The first-order valence-electron chi connectivity index (χ1n) is 15.9. The summed E-state index contributed by atoms with van der Waals surface area (Å²) in [7, 11) is 2.45. The van der Waals surface area contributed by atoms with Gasteiger partial charge in [-0.15, -0.1) is 0 Å². The van der Waals surface area contributed by atoms with Gasteiger partial charge in [-0.2, -0.15) is 26.3 Å². The van der Waals surface area contributed by atoms with Crippen molar-refractivity contribution >= 4 is 34.9 Å². The van der Waals surface area contributed by atoms with Gasteiger partial charge >= 0.3 is 24.4 Å². The summed E-state index contributed by atoms with van der Waals surface area (Å²) in [4.78, 5) is 35.0. The lowest BCUT2D eigenvalue weighted by atomic mass is 9.86. The van der Waals surface area contributed by atoms with Gasteiger partial charge in [0.25, 0.3) is 5.92 Å². The van der Waals surface area contributed by atoms with E-state index in [0.29, 0.717) is 23.3 Å². The highest BCUT2D eigenvalue weighted by Gasteiger charge is 2.46. The Kier molecular flexibility index (Phi) is 10.5. The number of likely N-dealkylation sites (tertiary alicyclic amines) is 1. The minimum Gasteiger partial charge on any atom is -0.496 e. The molecule has 2 fully saturated rings. The molecule has 0 spiro atoms. The maximum absolute atomic E-state index is 15.6. The van der Waals surface area contributed by atoms with Crippen LogP contribution in [0.1, 0.15) is 47.3 Å². The zero-order valence-corrected chi connectivity index (χ0v) is 28.7. The van der Waals surface area contributed by atoms with E-state index in [2.05, 4.69) is 23.1 Å². The molecule has 3 aliphatic rings. The average Bonchev–Trinajstić information content (AvgIpc) is 3.36. The molecule has 1 unspecified atom stereocenters. The molecule has 1 aliphatic carbocycles. The van der Waals surface area contributed by atoms with Crippen LogP contribution in [-0.4, -0.2) is 78.4 Å². The van der Waals surface area contributed by atoms with E-state index in [1.165, 1.54) is 32.4 Å². The van der Waals surface area contributed by atoms with Gasteiger partial charge in [0.2, 0.25) is 5.96 Å². The van der Waals surface area contributed by atoms with Crippen molar-refractivity contribution in [3.8, 4) is 5.75 Å². The van der Waals surface area contributed by atoms with E-state index in [1.54, 1.807) is 6.92 Å². The molecule has 2 aliphatic heterocycles. The summed E-state index contributed by atoms with van der Waals surface area (Å²) in [6, 6.07) is 3.03. The monoisotopic (exact) mass is 770 g/mol. The SMILES string of the molecule is C=C(C(CN1C(=C)[C@@H](c2cc(C(F)(F)F)cc(C(F)(F)F)c2)OC1=O)=NC(=NC)N1CC(F)(F)C1)c1cc(C2=CCC(C(=O)O)C=C2C)c(F)cc1OC. The molecule has 0 bridgehead atoms. The Morgan fingerprint density at radius 3 is 2.19 bits per heavy atom. The zero-order chi connectivity index (χ0) is 40.1. The van der Waals surface area contributed by atoms with Crippen LogP contribution in [0.2, 0.25) is 0 Å². The average molecular weight is 771 g/mol. The van der Waals surface area contributed by atoms with Crippen LogP contribution >= 0.6 is 0 Å². The van der Waals surface area contributed by atoms with Crippen LogP contribution < -0.4 is 4.74 Å². The summed E-state index contributed by atoms with van der Waals surface area (Å²) in [5.74, 6) is -6.14. The van der Waals surface area contributed by atoms with E-state index < -0.39 is 90.2 Å². The number of hydrogen-bond donors (Lipinski definition) is 1. The lowest BCUT2D eigenvalue weighted by Crippen LogP contribution is -2.58. The standard InChI is InChI=1S/C36H31F9N4O5/c1-17-8-20(31(50)51)6-7-24(17)26-12-25(29(53-5)13-27(26)37)18(2)28(47-32(46-4)48-15-34(38,39)16-48)14-49-19(3)30(54-33(49)52)21-9-22(35(40,41)42)11-23(10-21)36(43,44)45/h7-13,20,30H,2-3,6,14-16H2,1,4-5H3,(H,50,51)/t20?,30-/m0/s1. The number of aliphatic carboxylic acids is 1. The van der Waals surface area contributed by atoms with Crippen LogP contribution in [0.5, 0.6) is 5.75 Å². The number of nitrogens with zero attached hydrogens (tertiary/aromatic N) is 4. The van der Waals surface area contributed by atoms with Crippen LogP contribution in [0.25, 0.3) is 11.1 Å². The number of benzene rings is 2. The number of allylic oxidation sites excluding steroid dienone is 3. The molecule has 18 heteroatoms. The molecule has 288 valence electrons. The first-order chi connectivity index (χ1) is 25.0. The van der Waals surface area contributed by atoms with E-state index in [1.807, 2.05) is 0 Å². The summed E-state index contributed by atoms with van der Waals surface area (Å²) in [6.07, 6.45) is -10.4. The molecule has 5 rings (SSSR count). The summed E-state index contributed by atoms with van der Waals surface area (Å²) < 4.78 is 136. The van der Waals surface area contributed by atoms with Crippen molar-refractivity contribution in [2.75, 3.05) is 33.8 Å². The maximum atomic E-state index is 15.6. The van der Waals surface area contributed by atoms with Gasteiger partial charge < -0.3 is 19.5 Å². The fourth-order valence-electron chi connectivity index (χ4n) is 6.11. The number of hydrogen-bond acceptors (Lipinski definition) is 5. The molecule has 54 heavy (non-hydrogen) atoms. The van der Waals surface area contributed by atoms with E-state index in [9.17, 15) is 49.8 Å². The molecular weight excluding hydrogens is 739 g/mol. The number of ether oxygens (including phenoxy) is 2. The maximum Gasteiger partial charge on any atom is 0.416 e. The molecule has 2 saturated heterocycles. The number of aliphatic imine (C=N–C) groups is 2. The van der Waals surface area contributed by atoms with Crippen molar-refractivity contribution in [1.82, 2.24) is 9.80 Å². The first-order valence-corrected chi connectivity index (χ1v) is 15.9. The summed E-state index contributed by atoms with van der Waals surface area (Å²) >= 11 is 0. The van der Waals surface area contributed by atoms with E-state index in [4.69, 9.17) is 9.47 Å². The largest absolute Gasteiger partial charge is 0.496 e. The third-order valence-electron chi connectivity index (χ3n) is 8.89. The van der Waals surface area contributed by atoms with E-state index in [-0.39, 0.29) is 46.6 Å². The number of rotatable bonds is 8. The fourth-order valence-corrected chi connectivity index (χ4v) is 6.11. The summed E-state index contributed by atoms with van der Waals surface area (Å²) in [6.45, 7) is 7.10. The summed E-state index contributed by atoms with van der Waals surface area (Å²) in [5.41, 5.74) is -3.86. The second-order valence-electron chi connectivity index (χ2n) is 12.6. The van der Waals surface area contributed by atoms with Crippen LogP contribution in [0.4, 0.5) is 44.3 Å². The van der Waals surface area contributed by atoms with Crippen LogP contribution in [0.3, 0.4) is 0 Å². The molecule has 2 heterocycles. The van der Waals surface area contributed by atoms with Crippen molar-refractivity contribution in [3.05, 3.63) is 101 Å². The van der Waals surface area contributed by atoms with Crippen molar-refractivity contribution in [2.24, 2.45) is 15.9 Å². The Hall–Kier alpha value is -5.55. The number of amides is 1. The number of cyclic esters (lactones) is 1. The Morgan fingerprint density at radius 1 is 1.07 bits per heavy atom. The van der Waals surface area contributed by atoms with Gasteiger partial charge in [0.1, 0.15) is 11.6 Å². The first kappa shape index (κ1) is 39.7. The highest BCUT2D eigenvalue weighted by atomic mass is 19.4. The quantitative estimate of drug-likeness (QED) is 0.164. The lowest BCUT2D eigenvalue weighted by Gasteiger charge is -2.39. The highest BCUT2D eigenvalue weighted by molar-refractivity contribution is 6.28. The van der Waals surface area contributed by atoms with Crippen LogP contribution in [0, 0.1) is 11.7 Å². The number of guanidine groups is 1. The minimum absolute atomic E-state index is 0.00859. The number of methoxy groups -OCH3 is 1. The van der Waals surface area contributed by atoms with Gasteiger partial charge in [-0.05, 0) is 54.3 Å². The van der Waals surface area contributed by atoms with Crippen LogP contribution in [-0.2, 0) is 21.9 Å². The smallest absolute Gasteiger partial charge is 0.416 e. The van der Waals surface area contributed by atoms with Crippen molar-refractivity contribution in [2.45, 2.75) is 37.7 Å². The molecule has 0 saturated carbocycles. The Morgan fingerprint density at radius 2 is 1.69 bits per heavy atom. The fraction of sp³-hybridized carbons (Fsp3) is 0.333. The minimum atomic E-state index is -5.20. The Labute approximate surface area is 302 Å². The molecule has 2 atom stereocenters. The molecule has 2 aromatic carbocycles. The third kappa shape index (κ3) is 8.01. The Balaban J connectivity index is 1.57. The van der Waals surface area contributed by atoms with Crippen LogP contribution in [0.15, 0.2) is 76.9 Å². The molecule has 0 aromatic heterocycles. The summed E-state index contributed by atoms with van der Waals surface area (Å²) in [5, 5.41) is 9.44. The predicted molar refractivity (Wildman–Crippen MR) is 178 cm³/mol. The van der Waals surface area contributed by atoms with Gasteiger partial charge in [0, 0.05) is 29.8 Å². The number of carbonyl (C=O) groups excluding carboxylic acids is 1. The number of alkyl halides is 8. The Bertz CT molecular complexity index is 2010. The number of carboxylic acids is 1. The van der Waals surface area contributed by atoms with Gasteiger partial charge in [0.05, 0.1) is 55.2 Å². The molecule has 9 nitrogen and oxygen atoms in total. The highest BCUT2D eigenvalue weighted by Crippen LogP contribution is 2.43. The van der Waals surface area contributed by atoms with E-state index in [0.717, 1.165) is 15.9 Å². The zero-order valence-electron chi connectivity index (χ0n) is 28.7. The second kappa shape index (κ2) is 14.4. The molecule has 2 aromatic rings. The molecule has 1 N–H and O–H groups in total. The van der Waals surface area contributed by atoms with Gasteiger partial charge in [-0.25, -0.2) is 23.0 Å². The van der Waals surface area contributed by atoms with Gasteiger partial charge in [0.15, 0.2) is 6.10 Å². The van der Waals surface area contributed by atoms with Crippen molar-refractivity contribution < 1.29 is 63.7 Å². The number of carboxylic acid groups (broad SMARTS) is 1. The molecular formula is C36H31F9N4O5. The molecule has 0 radical (unpaired) electrons. The van der Waals surface area contributed by atoms with Crippen molar-refractivity contribution in [3.63, 3.8) is 0 Å². The van der Waals surface area contributed by atoms with E-state index >= 15 is 4.39 Å². The normalized spacial score (nSPS) is 20.7. The third-order valence-corrected chi connectivity index (χ3v) is 8.89. The second-order valence-corrected chi connectivity index (χ2v) is 12.6. The van der Waals surface area contributed by atoms with Gasteiger partial charge in [-0.1, -0.05) is 25.3 Å². The number of carbonyl (C=O) groups is 2. The topological polar surface area (TPSA) is 104 Å². The lowest BCUT2D eigenvalue weighted by molar-refractivity contribution is -0.143. The molecule has 1 amide bonds. The van der Waals surface area contributed by atoms with Gasteiger partial charge in [-0.3, -0.25) is 14.7 Å². The number of halogens is 9.